The minimum Gasteiger partial charge on any atom is -0.384 e. The molecule has 0 spiro atoms. The highest BCUT2D eigenvalue weighted by atomic mass is 35.5. The summed E-state index contributed by atoms with van der Waals surface area (Å²) in [4.78, 5) is 12.5. The van der Waals surface area contributed by atoms with Crippen LogP contribution in [0, 0.1) is 11.8 Å². The van der Waals surface area contributed by atoms with Crippen molar-refractivity contribution in [1.82, 2.24) is 0 Å². The number of thiophene rings is 1. The Morgan fingerprint density at radius 2 is 2.26 bits per heavy atom. The van der Waals surface area contributed by atoms with E-state index in [0.717, 1.165) is 0 Å². The standard InChI is InChI=1S/C14H10ClNO2S/c15-11-6-5-10(3-1-7-17)9-12(11)16-14(18)13-4-2-8-19-13/h2,4-6,8-9,17H,7H2,(H,16,18). The van der Waals surface area contributed by atoms with Gasteiger partial charge in [-0.25, -0.2) is 0 Å². The predicted molar refractivity (Wildman–Crippen MR) is 77.7 cm³/mol. The molecule has 3 nitrogen and oxygen atoms in total. The number of benzene rings is 1. The first-order chi connectivity index (χ1) is 9.20. The summed E-state index contributed by atoms with van der Waals surface area (Å²) in [5.41, 5.74) is 1.18. The molecular formula is C14H10ClNO2S. The Morgan fingerprint density at radius 3 is 2.95 bits per heavy atom. The first-order valence-corrected chi connectivity index (χ1v) is 6.70. The van der Waals surface area contributed by atoms with E-state index in [-0.39, 0.29) is 12.5 Å². The molecule has 0 aliphatic heterocycles. The molecule has 1 amide bonds. The molecule has 0 bridgehead atoms. The monoisotopic (exact) mass is 291 g/mol. The molecule has 0 atom stereocenters. The minimum absolute atomic E-state index is 0.204. The zero-order valence-corrected chi connectivity index (χ0v) is 11.4. The molecule has 1 aromatic heterocycles. The largest absolute Gasteiger partial charge is 0.384 e. The zero-order valence-electron chi connectivity index (χ0n) is 9.81. The molecule has 19 heavy (non-hydrogen) atoms. The topological polar surface area (TPSA) is 49.3 Å². The number of hydrogen-bond acceptors (Lipinski definition) is 3. The van der Waals surface area contributed by atoms with Crippen LogP contribution in [0.2, 0.25) is 5.02 Å². The number of aliphatic hydroxyl groups excluding tert-OH is 1. The fraction of sp³-hybridized carbons (Fsp3) is 0.0714. The van der Waals surface area contributed by atoms with Crippen LogP contribution in [0.25, 0.3) is 0 Å². The van der Waals surface area contributed by atoms with Crippen LogP contribution in [-0.2, 0) is 0 Å². The molecule has 2 rings (SSSR count). The molecule has 0 aliphatic rings. The average molecular weight is 292 g/mol. The number of aliphatic hydroxyl groups is 1. The normalized spacial score (nSPS) is 9.58. The van der Waals surface area contributed by atoms with E-state index in [0.29, 0.717) is 21.2 Å². The van der Waals surface area contributed by atoms with Gasteiger partial charge in [-0.15, -0.1) is 11.3 Å². The van der Waals surface area contributed by atoms with Crippen molar-refractivity contribution < 1.29 is 9.90 Å². The summed E-state index contributed by atoms with van der Waals surface area (Å²) >= 11 is 7.38. The van der Waals surface area contributed by atoms with Crippen LogP contribution in [0.15, 0.2) is 35.7 Å². The summed E-state index contributed by atoms with van der Waals surface area (Å²) in [7, 11) is 0. The first-order valence-electron chi connectivity index (χ1n) is 5.45. The van der Waals surface area contributed by atoms with Crippen LogP contribution in [0.5, 0.6) is 0 Å². The van der Waals surface area contributed by atoms with Crippen LogP contribution in [0.4, 0.5) is 5.69 Å². The predicted octanol–water partition coefficient (Wildman–Crippen LogP) is 3.00. The van der Waals surface area contributed by atoms with E-state index < -0.39 is 0 Å². The molecule has 0 aliphatic carbocycles. The Kier molecular flexibility index (Phi) is 4.58. The van der Waals surface area contributed by atoms with Gasteiger partial charge in [-0.1, -0.05) is 29.5 Å². The number of anilines is 1. The van der Waals surface area contributed by atoms with Gasteiger partial charge in [0.15, 0.2) is 0 Å². The molecule has 2 N–H and O–H groups in total. The Hall–Kier alpha value is -1.80. The number of carbonyl (C=O) groups is 1. The smallest absolute Gasteiger partial charge is 0.265 e. The quantitative estimate of drug-likeness (QED) is 0.836. The highest BCUT2D eigenvalue weighted by molar-refractivity contribution is 7.12. The summed E-state index contributed by atoms with van der Waals surface area (Å²) in [6.45, 7) is -0.209. The fourth-order valence-corrected chi connectivity index (χ4v) is 2.22. The maximum Gasteiger partial charge on any atom is 0.265 e. The second-order valence-electron chi connectivity index (χ2n) is 3.59. The Bertz CT molecular complexity index is 641. The average Bonchev–Trinajstić information content (AvgIpc) is 2.93. The van der Waals surface area contributed by atoms with E-state index in [1.54, 1.807) is 24.3 Å². The second kappa shape index (κ2) is 6.39. The van der Waals surface area contributed by atoms with Crippen molar-refractivity contribution in [1.29, 1.82) is 0 Å². The van der Waals surface area contributed by atoms with Crippen molar-refractivity contribution in [2.24, 2.45) is 0 Å². The number of amides is 1. The second-order valence-corrected chi connectivity index (χ2v) is 4.94. The van der Waals surface area contributed by atoms with Crippen LogP contribution >= 0.6 is 22.9 Å². The molecule has 0 saturated heterocycles. The third-order valence-corrected chi connectivity index (χ3v) is 3.47. The lowest BCUT2D eigenvalue weighted by Crippen LogP contribution is -2.10. The lowest BCUT2D eigenvalue weighted by Gasteiger charge is -2.06. The van der Waals surface area contributed by atoms with Gasteiger partial charge in [0.05, 0.1) is 15.6 Å². The molecule has 0 unspecified atom stereocenters. The molecule has 5 heteroatoms. The van der Waals surface area contributed by atoms with Gasteiger partial charge in [-0.05, 0) is 29.6 Å². The molecule has 1 heterocycles. The van der Waals surface area contributed by atoms with Crippen LogP contribution in [0.3, 0.4) is 0 Å². The van der Waals surface area contributed by atoms with E-state index >= 15 is 0 Å². The van der Waals surface area contributed by atoms with Gasteiger partial charge in [0.1, 0.15) is 6.61 Å². The van der Waals surface area contributed by atoms with Crippen LogP contribution in [0.1, 0.15) is 15.2 Å². The van der Waals surface area contributed by atoms with Gasteiger partial charge in [0.25, 0.3) is 5.91 Å². The zero-order chi connectivity index (χ0) is 13.7. The van der Waals surface area contributed by atoms with E-state index in [1.165, 1.54) is 11.3 Å². The van der Waals surface area contributed by atoms with Crippen LogP contribution in [-0.4, -0.2) is 17.6 Å². The number of halogens is 1. The Morgan fingerprint density at radius 1 is 1.42 bits per heavy atom. The first kappa shape index (κ1) is 13.6. The summed E-state index contributed by atoms with van der Waals surface area (Å²) < 4.78 is 0. The van der Waals surface area contributed by atoms with Crippen molar-refractivity contribution in [2.75, 3.05) is 11.9 Å². The molecule has 0 saturated carbocycles. The van der Waals surface area contributed by atoms with Gasteiger partial charge >= 0.3 is 0 Å². The number of nitrogens with one attached hydrogen (secondary N) is 1. The van der Waals surface area contributed by atoms with Crippen molar-refractivity contribution in [3.05, 3.63) is 51.2 Å². The van der Waals surface area contributed by atoms with E-state index in [1.807, 2.05) is 11.4 Å². The van der Waals surface area contributed by atoms with Crippen LogP contribution < -0.4 is 5.32 Å². The summed E-state index contributed by atoms with van der Waals surface area (Å²) in [5, 5.41) is 13.7. The molecule has 2 aromatic rings. The molecule has 0 fully saturated rings. The number of rotatable bonds is 2. The third kappa shape index (κ3) is 3.58. The highest BCUT2D eigenvalue weighted by Crippen LogP contribution is 2.24. The maximum absolute atomic E-state index is 11.9. The minimum atomic E-state index is -0.209. The van der Waals surface area contributed by atoms with Gasteiger partial charge in [0.2, 0.25) is 0 Å². The van der Waals surface area contributed by atoms with E-state index in [9.17, 15) is 4.79 Å². The summed E-state index contributed by atoms with van der Waals surface area (Å²) in [5.74, 6) is 5.10. The van der Waals surface area contributed by atoms with Crippen molar-refractivity contribution >= 4 is 34.5 Å². The summed E-state index contributed by atoms with van der Waals surface area (Å²) in [6, 6.07) is 8.61. The summed E-state index contributed by atoms with van der Waals surface area (Å²) in [6.07, 6.45) is 0. The van der Waals surface area contributed by atoms with Gasteiger partial charge < -0.3 is 10.4 Å². The SMILES string of the molecule is O=C(Nc1cc(C#CCO)ccc1Cl)c1cccs1. The fourth-order valence-electron chi connectivity index (χ4n) is 1.43. The van der Waals surface area contributed by atoms with Crippen molar-refractivity contribution in [3.63, 3.8) is 0 Å². The third-order valence-electron chi connectivity index (χ3n) is 2.27. The highest BCUT2D eigenvalue weighted by Gasteiger charge is 2.09. The molecule has 0 radical (unpaired) electrons. The van der Waals surface area contributed by atoms with E-state index in [4.69, 9.17) is 16.7 Å². The van der Waals surface area contributed by atoms with Gasteiger partial charge in [0, 0.05) is 5.56 Å². The lowest BCUT2D eigenvalue weighted by atomic mass is 10.2. The Balaban J connectivity index is 2.22. The number of hydrogen-bond donors (Lipinski definition) is 2. The van der Waals surface area contributed by atoms with Gasteiger partial charge in [-0.3, -0.25) is 4.79 Å². The van der Waals surface area contributed by atoms with E-state index in [2.05, 4.69) is 17.2 Å². The molecular weight excluding hydrogens is 282 g/mol. The lowest BCUT2D eigenvalue weighted by molar-refractivity contribution is 0.103. The molecule has 1 aromatic carbocycles. The Labute approximate surface area is 119 Å². The van der Waals surface area contributed by atoms with Crippen molar-refractivity contribution in [3.8, 4) is 11.8 Å². The van der Waals surface area contributed by atoms with Crippen molar-refractivity contribution in [2.45, 2.75) is 0 Å². The maximum atomic E-state index is 11.9. The molecule has 96 valence electrons. The number of carbonyl (C=O) groups excluding carboxylic acids is 1. The van der Waals surface area contributed by atoms with Gasteiger partial charge in [-0.2, -0.15) is 0 Å².